The summed E-state index contributed by atoms with van der Waals surface area (Å²) in [5, 5.41) is 11.1. The Morgan fingerprint density at radius 1 is 1.62 bits per heavy atom. The molecule has 4 heterocycles. The summed E-state index contributed by atoms with van der Waals surface area (Å²) in [7, 11) is -1.01. The van der Waals surface area contributed by atoms with E-state index in [9.17, 15) is 9.82 Å². The minimum atomic E-state index is -1.01. The van der Waals surface area contributed by atoms with Gasteiger partial charge in [-0.15, -0.1) is 6.42 Å². The monoisotopic (exact) mass is 349 g/mol. The molecule has 1 saturated heterocycles. The second-order valence-electron chi connectivity index (χ2n) is 6.96. The smallest absolute Gasteiger partial charge is 0.531 e. The number of H-pyrrole nitrogens is 1. The third-order valence-corrected chi connectivity index (χ3v) is 5.37. The molecule has 1 amide bonds. The number of aromatic nitrogens is 2. The summed E-state index contributed by atoms with van der Waals surface area (Å²) in [4.78, 5) is 21.6. The number of aromatic amines is 1. The molecule has 4 rings (SSSR count). The highest BCUT2D eigenvalue weighted by atomic mass is 16.5. The summed E-state index contributed by atoms with van der Waals surface area (Å²) in [5.41, 5.74) is 2.74. The Morgan fingerprint density at radius 2 is 2.46 bits per heavy atom. The first-order chi connectivity index (χ1) is 12.6. The molecule has 26 heavy (non-hydrogen) atoms. The normalized spacial score (nSPS) is 22.4. The Kier molecular flexibility index (Phi) is 4.21. The fraction of sp³-hybridized carbons (Fsp3) is 0.368. The largest absolute Gasteiger partial charge is 0.552 e. The van der Waals surface area contributed by atoms with Gasteiger partial charge in [0.25, 0.3) is 0 Å². The van der Waals surface area contributed by atoms with Crippen molar-refractivity contribution in [2.45, 2.75) is 19.8 Å². The summed E-state index contributed by atoms with van der Waals surface area (Å²) in [5.74, 6) is 5.22. The molecule has 2 unspecified atom stereocenters. The fourth-order valence-corrected chi connectivity index (χ4v) is 3.99. The Balaban J connectivity index is 1.75. The predicted molar refractivity (Wildman–Crippen MR) is 100.0 cm³/mol. The van der Waals surface area contributed by atoms with Gasteiger partial charge in [-0.25, -0.2) is 4.98 Å². The number of rotatable bonds is 2. The Labute approximate surface area is 152 Å². The van der Waals surface area contributed by atoms with E-state index in [-0.39, 0.29) is 18.2 Å². The first kappa shape index (κ1) is 16.7. The molecule has 0 aromatic carbocycles. The number of piperidine rings is 1. The van der Waals surface area contributed by atoms with Crippen molar-refractivity contribution in [3.8, 4) is 18.1 Å². The molecule has 0 radical (unpaired) electrons. The van der Waals surface area contributed by atoms with Gasteiger partial charge in [0.1, 0.15) is 11.4 Å². The number of terminal acetylenes is 1. The van der Waals surface area contributed by atoms with Crippen molar-refractivity contribution in [2.24, 2.45) is 11.8 Å². The number of nitrogens with one attached hydrogen (secondary N) is 1. The van der Waals surface area contributed by atoms with Gasteiger partial charge < -0.3 is 19.6 Å². The molecule has 6 nitrogen and oxygen atoms in total. The van der Waals surface area contributed by atoms with Crippen LogP contribution in [0.1, 0.15) is 25.3 Å². The SMILES string of the molecule is C#CCC(=O)N1CCC(C)C(C2=CB(O)Oc3cnc4[nH]ccc4c32)C1. The number of pyridine rings is 1. The lowest BCUT2D eigenvalue weighted by Gasteiger charge is -2.39. The van der Waals surface area contributed by atoms with Gasteiger partial charge in [0, 0.05) is 36.2 Å². The zero-order valence-corrected chi connectivity index (χ0v) is 14.6. The van der Waals surface area contributed by atoms with Gasteiger partial charge in [0.2, 0.25) is 5.91 Å². The maximum atomic E-state index is 12.3. The lowest BCUT2D eigenvalue weighted by atomic mass is 9.72. The number of amides is 1. The second-order valence-corrected chi connectivity index (χ2v) is 6.96. The van der Waals surface area contributed by atoms with E-state index in [4.69, 9.17) is 11.1 Å². The van der Waals surface area contributed by atoms with Crippen molar-refractivity contribution in [1.29, 1.82) is 0 Å². The second kappa shape index (κ2) is 6.54. The van der Waals surface area contributed by atoms with Crippen LogP contribution in [0.15, 0.2) is 24.4 Å². The molecule has 0 saturated carbocycles. The highest BCUT2D eigenvalue weighted by molar-refractivity contribution is 6.52. The van der Waals surface area contributed by atoms with Crippen LogP contribution in [-0.2, 0) is 4.79 Å². The summed E-state index contributed by atoms with van der Waals surface area (Å²) in [6.45, 7) is 3.49. The molecule has 2 aliphatic heterocycles. The zero-order chi connectivity index (χ0) is 18.3. The molecule has 2 atom stereocenters. The number of hydrogen-bond acceptors (Lipinski definition) is 4. The van der Waals surface area contributed by atoms with Crippen LogP contribution in [0.3, 0.4) is 0 Å². The maximum Gasteiger partial charge on any atom is 0.552 e. The van der Waals surface area contributed by atoms with E-state index in [1.165, 1.54) is 0 Å². The van der Waals surface area contributed by atoms with Gasteiger partial charge in [-0.1, -0.05) is 12.8 Å². The fourth-order valence-electron chi connectivity index (χ4n) is 3.99. The molecule has 2 aromatic rings. The Bertz CT molecular complexity index is 930. The average molecular weight is 349 g/mol. The van der Waals surface area contributed by atoms with Crippen molar-refractivity contribution in [1.82, 2.24) is 14.9 Å². The number of nitrogens with zero attached hydrogens (tertiary/aromatic N) is 2. The molecule has 2 aliphatic rings. The third-order valence-electron chi connectivity index (χ3n) is 5.37. The summed E-state index contributed by atoms with van der Waals surface area (Å²) in [6.07, 6.45) is 9.80. The van der Waals surface area contributed by atoms with E-state index in [1.807, 2.05) is 17.2 Å². The molecular formula is C19H20BN3O3. The Morgan fingerprint density at radius 3 is 3.27 bits per heavy atom. The van der Waals surface area contributed by atoms with Crippen LogP contribution in [0.4, 0.5) is 0 Å². The van der Waals surface area contributed by atoms with E-state index in [0.717, 1.165) is 28.6 Å². The molecule has 7 heteroatoms. The molecule has 2 N–H and O–H groups in total. The number of likely N-dealkylation sites (tertiary alicyclic amines) is 1. The van der Waals surface area contributed by atoms with Gasteiger partial charge in [-0.05, 0) is 30.0 Å². The van der Waals surface area contributed by atoms with Crippen molar-refractivity contribution in [3.05, 3.63) is 30.0 Å². The predicted octanol–water partition coefficient (Wildman–Crippen LogP) is 1.87. The van der Waals surface area contributed by atoms with E-state index in [1.54, 1.807) is 12.2 Å². The summed E-state index contributed by atoms with van der Waals surface area (Å²) >= 11 is 0. The zero-order valence-electron chi connectivity index (χ0n) is 14.6. The third kappa shape index (κ3) is 2.76. The van der Waals surface area contributed by atoms with Gasteiger partial charge >= 0.3 is 7.12 Å². The molecule has 2 aromatic heterocycles. The van der Waals surface area contributed by atoms with Gasteiger partial charge in [-0.2, -0.15) is 0 Å². The maximum absolute atomic E-state index is 12.3. The summed E-state index contributed by atoms with van der Waals surface area (Å²) in [6, 6.07) is 1.96. The van der Waals surface area contributed by atoms with E-state index in [0.29, 0.717) is 24.8 Å². The topological polar surface area (TPSA) is 78.5 Å². The number of hydrogen-bond donors (Lipinski definition) is 2. The van der Waals surface area contributed by atoms with Crippen molar-refractivity contribution >= 4 is 29.6 Å². The van der Waals surface area contributed by atoms with Crippen molar-refractivity contribution in [3.63, 3.8) is 0 Å². The minimum absolute atomic E-state index is 0.0145. The van der Waals surface area contributed by atoms with E-state index in [2.05, 4.69) is 22.8 Å². The Hall–Kier alpha value is -2.72. The quantitative estimate of drug-likeness (QED) is 0.641. The standard InChI is InChI=1S/C19H20BN3O3/c1-3-4-17(24)23-8-6-12(2)15(11-23)14-9-20(25)26-16-10-22-19-13(18(14)16)5-7-21-19/h1,5,7,9-10,12,15,25H,4,6,8,11H2,2H3,(H,21,22). The highest BCUT2D eigenvalue weighted by Crippen LogP contribution is 2.43. The van der Waals surface area contributed by atoms with Crippen LogP contribution in [0, 0.1) is 24.2 Å². The van der Waals surface area contributed by atoms with Crippen molar-refractivity contribution < 1.29 is 14.5 Å². The molecule has 0 spiro atoms. The highest BCUT2D eigenvalue weighted by Gasteiger charge is 2.36. The van der Waals surface area contributed by atoms with Gasteiger partial charge in [-0.3, -0.25) is 4.79 Å². The van der Waals surface area contributed by atoms with Crippen LogP contribution in [0.5, 0.6) is 5.75 Å². The minimum Gasteiger partial charge on any atom is -0.531 e. The number of carbonyl (C=O) groups is 1. The lowest BCUT2D eigenvalue weighted by Crippen LogP contribution is -2.44. The van der Waals surface area contributed by atoms with Crippen LogP contribution in [0.2, 0.25) is 0 Å². The van der Waals surface area contributed by atoms with Crippen LogP contribution in [0.25, 0.3) is 16.6 Å². The van der Waals surface area contributed by atoms with Gasteiger partial charge in [0.15, 0.2) is 0 Å². The number of fused-ring (bicyclic) bond motifs is 3. The first-order valence-corrected chi connectivity index (χ1v) is 8.82. The first-order valence-electron chi connectivity index (χ1n) is 8.82. The van der Waals surface area contributed by atoms with Crippen LogP contribution < -0.4 is 4.65 Å². The van der Waals surface area contributed by atoms with Crippen LogP contribution >= 0.6 is 0 Å². The molecule has 1 fully saturated rings. The molecule has 0 bridgehead atoms. The van der Waals surface area contributed by atoms with E-state index >= 15 is 0 Å². The number of carbonyl (C=O) groups excluding carboxylic acids is 1. The molecule has 0 aliphatic carbocycles. The molecule has 132 valence electrons. The molecular weight excluding hydrogens is 329 g/mol. The average Bonchev–Trinajstić information content (AvgIpc) is 3.10. The van der Waals surface area contributed by atoms with Gasteiger partial charge in [0.05, 0.1) is 12.6 Å². The van der Waals surface area contributed by atoms with Crippen LogP contribution in [-0.4, -0.2) is 46.0 Å². The van der Waals surface area contributed by atoms with E-state index < -0.39 is 7.12 Å². The van der Waals surface area contributed by atoms with Crippen molar-refractivity contribution in [2.75, 3.05) is 13.1 Å². The summed E-state index contributed by atoms with van der Waals surface area (Å²) < 4.78 is 5.57. The lowest BCUT2D eigenvalue weighted by molar-refractivity contribution is -0.132.